The molecule has 1 aromatic carbocycles. The van der Waals surface area contributed by atoms with Crippen molar-refractivity contribution in [2.24, 2.45) is 5.41 Å². The van der Waals surface area contributed by atoms with Crippen LogP contribution in [0.2, 0.25) is 0 Å². The summed E-state index contributed by atoms with van der Waals surface area (Å²) in [5.74, 6) is -1.17. The van der Waals surface area contributed by atoms with Gasteiger partial charge in [-0.25, -0.2) is 0 Å². The number of amides is 1. The van der Waals surface area contributed by atoms with Gasteiger partial charge in [0.1, 0.15) is 5.75 Å². The van der Waals surface area contributed by atoms with Crippen LogP contribution in [0.5, 0.6) is 5.75 Å². The fraction of sp³-hybridized carbons (Fsp3) is 0.579. The summed E-state index contributed by atoms with van der Waals surface area (Å²) in [6.07, 6.45) is 1.33. The smallest absolute Gasteiger partial charge is 0.387 e. The second kappa shape index (κ2) is 9.01. The largest absolute Gasteiger partial charge is 0.481 e. The molecule has 1 aliphatic heterocycles. The van der Waals surface area contributed by atoms with Crippen LogP contribution >= 0.6 is 0 Å². The Bertz CT molecular complexity index is 665. The quantitative estimate of drug-likeness (QED) is 0.683. The van der Waals surface area contributed by atoms with E-state index in [0.29, 0.717) is 38.0 Å². The number of nitrogens with one attached hydrogen (secondary N) is 1. The molecule has 2 N–H and O–H groups in total. The number of para-hydroxylation sites is 2. The van der Waals surface area contributed by atoms with Gasteiger partial charge in [0, 0.05) is 25.6 Å². The van der Waals surface area contributed by atoms with E-state index in [1.807, 2.05) is 4.90 Å². The summed E-state index contributed by atoms with van der Waals surface area (Å²) in [5.41, 5.74) is -0.503. The van der Waals surface area contributed by atoms with Crippen molar-refractivity contribution in [1.29, 1.82) is 0 Å². The summed E-state index contributed by atoms with van der Waals surface area (Å²) >= 11 is 0. The minimum Gasteiger partial charge on any atom is -0.481 e. The van der Waals surface area contributed by atoms with Crippen LogP contribution in [-0.4, -0.2) is 42.7 Å². The third-order valence-electron chi connectivity index (χ3n) is 5.28. The van der Waals surface area contributed by atoms with E-state index in [2.05, 4.69) is 10.1 Å². The average Bonchev–Trinajstić information content (AvgIpc) is 3.07. The predicted octanol–water partition coefficient (Wildman–Crippen LogP) is 3.26. The van der Waals surface area contributed by atoms with Gasteiger partial charge in [0.25, 0.3) is 0 Å². The standard InChI is InChI=1S/C19H26F2N2O4/c1-3-19(4-2,17(25)26)11-16(24)22-13-9-10-23(12-13)14-7-5-6-8-15(14)27-18(20)21/h5-8,13,18H,3-4,9-12H2,1-2H3,(H,22,24)(H,25,26). The zero-order valence-electron chi connectivity index (χ0n) is 15.6. The monoisotopic (exact) mass is 384 g/mol. The summed E-state index contributed by atoms with van der Waals surface area (Å²) in [6, 6.07) is 6.38. The lowest BCUT2D eigenvalue weighted by atomic mass is 9.79. The lowest BCUT2D eigenvalue weighted by Crippen LogP contribution is -2.42. The number of hydrogen-bond acceptors (Lipinski definition) is 4. The van der Waals surface area contributed by atoms with Crippen molar-refractivity contribution < 1.29 is 28.2 Å². The van der Waals surface area contributed by atoms with Crippen LogP contribution in [0.25, 0.3) is 0 Å². The maximum absolute atomic E-state index is 12.6. The second-order valence-electron chi connectivity index (χ2n) is 6.81. The molecule has 1 aliphatic rings. The molecule has 0 spiro atoms. The number of carboxylic acid groups (broad SMARTS) is 1. The topological polar surface area (TPSA) is 78.9 Å². The molecular formula is C19H26F2N2O4. The average molecular weight is 384 g/mol. The number of rotatable bonds is 9. The zero-order chi connectivity index (χ0) is 20.0. The highest BCUT2D eigenvalue weighted by atomic mass is 19.3. The molecule has 0 saturated carbocycles. The molecule has 2 rings (SSSR count). The fourth-order valence-electron chi connectivity index (χ4n) is 3.48. The molecule has 1 heterocycles. The summed E-state index contributed by atoms with van der Waals surface area (Å²) in [4.78, 5) is 25.8. The number of nitrogens with zero attached hydrogens (tertiary/aromatic N) is 1. The maximum Gasteiger partial charge on any atom is 0.387 e. The summed E-state index contributed by atoms with van der Waals surface area (Å²) in [5, 5.41) is 12.3. The van der Waals surface area contributed by atoms with Crippen molar-refractivity contribution in [2.75, 3.05) is 18.0 Å². The molecule has 27 heavy (non-hydrogen) atoms. The molecule has 0 radical (unpaired) electrons. The Balaban J connectivity index is 1.99. The molecule has 1 fully saturated rings. The van der Waals surface area contributed by atoms with Gasteiger partial charge in [-0.2, -0.15) is 8.78 Å². The van der Waals surface area contributed by atoms with Crippen LogP contribution in [0.15, 0.2) is 24.3 Å². The SMILES string of the molecule is CCC(CC)(CC(=O)NC1CCN(c2ccccc2OC(F)F)C1)C(=O)O. The van der Waals surface area contributed by atoms with Gasteiger partial charge < -0.3 is 20.1 Å². The Morgan fingerprint density at radius 3 is 2.59 bits per heavy atom. The van der Waals surface area contributed by atoms with Crippen LogP contribution in [0.1, 0.15) is 39.5 Å². The van der Waals surface area contributed by atoms with E-state index in [4.69, 9.17) is 0 Å². The highest BCUT2D eigenvalue weighted by Crippen LogP contribution is 2.33. The van der Waals surface area contributed by atoms with Gasteiger partial charge in [-0.3, -0.25) is 9.59 Å². The Kier molecular flexibility index (Phi) is 6.98. The van der Waals surface area contributed by atoms with Gasteiger partial charge in [-0.15, -0.1) is 0 Å². The number of carboxylic acids is 1. The third kappa shape index (κ3) is 5.08. The lowest BCUT2D eigenvalue weighted by molar-refractivity contribution is -0.152. The highest BCUT2D eigenvalue weighted by Gasteiger charge is 2.38. The molecule has 1 saturated heterocycles. The van der Waals surface area contributed by atoms with E-state index in [0.717, 1.165) is 0 Å². The first-order chi connectivity index (χ1) is 12.8. The fourth-order valence-corrected chi connectivity index (χ4v) is 3.48. The zero-order valence-corrected chi connectivity index (χ0v) is 15.6. The number of ether oxygens (including phenoxy) is 1. The van der Waals surface area contributed by atoms with Crippen molar-refractivity contribution in [3.63, 3.8) is 0 Å². The normalized spacial score (nSPS) is 17.2. The number of benzene rings is 1. The number of halogens is 2. The van der Waals surface area contributed by atoms with Gasteiger partial charge in [0.05, 0.1) is 11.1 Å². The molecule has 0 aliphatic carbocycles. The minimum atomic E-state index is -2.91. The minimum absolute atomic E-state index is 0.0725. The molecule has 1 aromatic rings. The highest BCUT2D eigenvalue weighted by molar-refractivity contribution is 5.85. The molecule has 1 atom stereocenters. The van der Waals surface area contributed by atoms with E-state index in [-0.39, 0.29) is 24.1 Å². The summed E-state index contributed by atoms with van der Waals surface area (Å²) < 4.78 is 29.7. The molecule has 0 aromatic heterocycles. The molecular weight excluding hydrogens is 358 g/mol. The number of carbonyl (C=O) groups excluding carboxylic acids is 1. The third-order valence-corrected chi connectivity index (χ3v) is 5.28. The van der Waals surface area contributed by atoms with Crippen LogP contribution < -0.4 is 15.0 Å². The first kappa shape index (κ1) is 20.9. The lowest BCUT2D eigenvalue weighted by Gasteiger charge is -2.27. The Morgan fingerprint density at radius 1 is 1.33 bits per heavy atom. The maximum atomic E-state index is 12.6. The number of aliphatic carboxylic acids is 1. The van der Waals surface area contributed by atoms with Crippen molar-refractivity contribution >= 4 is 17.6 Å². The predicted molar refractivity (Wildman–Crippen MR) is 97.1 cm³/mol. The van der Waals surface area contributed by atoms with Crippen molar-refractivity contribution in [3.8, 4) is 5.75 Å². The Labute approximate surface area is 157 Å². The second-order valence-corrected chi connectivity index (χ2v) is 6.81. The Hall–Kier alpha value is -2.38. The first-order valence-corrected chi connectivity index (χ1v) is 9.13. The molecule has 8 heteroatoms. The Morgan fingerprint density at radius 2 is 2.00 bits per heavy atom. The van der Waals surface area contributed by atoms with Gasteiger partial charge in [-0.1, -0.05) is 26.0 Å². The van der Waals surface area contributed by atoms with Crippen LogP contribution in [0.3, 0.4) is 0 Å². The number of alkyl halides is 2. The van der Waals surface area contributed by atoms with Crippen molar-refractivity contribution in [3.05, 3.63) is 24.3 Å². The van der Waals surface area contributed by atoms with E-state index >= 15 is 0 Å². The molecule has 1 amide bonds. The summed E-state index contributed by atoms with van der Waals surface area (Å²) in [6.45, 7) is 1.66. The first-order valence-electron chi connectivity index (χ1n) is 9.13. The number of hydrogen-bond donors (Lipinski definition) is 2. The van der Waals surface area contributed by atoms with Gasteiger partial charge >= 0.3 is 12.6 Å². The van der Waals surface area contributed by atoms with Crippen molar-refractivity contribution in [2.45, 2.75) is 52.2 Å². The summed E-state index contributed by atoms with van der Waals surface area (Å²) in [7, 11) is 0. The van der Waals surface area contributed by atoms with Gasteiger partial charge in [-0.05, 0) is 31.4 Å². The van der Waals surface area contributed by atoms with E-state index in [1.165, 1.54) is 6.07 Å². The van der Waals surface area contributed by atoms with E-state index in [9.17, 15) is 23.5 Å². The van der Waals surface area contributed by atoms with Gasteiger partial charge in [0.2, 0.25) is 5.91 Å². The molecule has 0 bridgehead atoms. The van der Waals surface area contributed by atoms with Gasteiger partial charge in [0.15, 0.2) is 0 Å². The van der Waals surface area contributed by atoms with Crippen LogP contribution in [0, 0.1) is 5.41 Å². The molecule has 150 valence electrons. The van der Waals surface area contributed by atoms with E-state index < -0.39 is 18.0 Å². The van der Waals surface area contributed by atoms with Crippen LogP contribution in [-0.2, 0) is 9.59 Å². The van der Waals surface area contributed by atoms with Crippen LogP contribution in [0.4, 0.5) is 14.5 Å². The molecule has 1 unspecified atom stereocenters. The number of carbonyl (C=O) groups is 2. The van der Waals surface area contributed by atoms with E-state index in [1.54, 1.807) is 32.0 Å². The molecule has 6 nitrogen and oxygen atoms in total. The number of anilines is 1. The van der Waals surface area contributed by atoms with Crippen molar-refractivity contribution in [1.82, 2.24) is 5.32 Å².